The van der Waals surface area contributed by atoms with Gasteiger partial charge in [-0.2, -0.15) is 0 Å². The number of hydrogen-bond donors (Lipinski definition) is 0. The maximum atomic E-state index is 13.3. The van der Waals surface area contributed by atoms with Crippen molar-refractivity contribution in [2.75, 3.05) is 51.2 Å². The first-order valence-electron chi connectivity index (χ1n) is 7.75. The van der Waals surface area contributed by atoms with Gasteiger partial charge >= 0.3 is 0 Å². The summed E-state index contributed by atoms with van der Waals surface area (Å²) in [4.78, 5) is 6.53. The van der Waals surface area contributed by atoms with E-state index < -0.39 is 5.92 Å². The molecule has 0 saturated carbocycles. The first-order valence-corrected chi connectivity index (χ1v) is 8.54. The molecule has 0 unspecified atom stereocenters. The number of anilines is 1. The van der Waals surface area contributed by atoms with E-state index in [4.69, 9.17) is 0 Å². The van der Waals surface area contributed by atoms with Crippen LogP contribution in [0.25, 0.3) is 0 Å². The number of rotatable bonds is 3. The van der Waals surface area contributed by atoms with Crippen molar-refractivity contribution < 1.29 is 8.78 Å². The Labute approximate surface area is 139 Å². The fourth-order valence-corrected chi connectivity index (χ4v) is 3.50. The summed E-state index contributed by atoms with van der Waals surface area (Å²) < 4.78 is 27.7. The van der Waals surface area contributed by atoms with Crippen LogP contribution in [0.5, 0.6) is 0 Å². The van der Waals surface area contributed by atoms with Crippen LogP contribution in [-0.4, -0.2) is 62.0 Å². The lowest BCUT2D eigenvalue weighted by Gasteiger charge is -2.34. The number of piperazine rings is 1. The van der Waals surface area contributed by atoms with Crippen LogP contribution in [-0.2, 0) is 6.54 Å². The van der Waals surface area contributed by atoms with Crippen molar-refractivity contribution in [3.8, 4) is 0 Å². The Kier molecular flexibility index (Phi) is 4.71. The Bertz CT molecular complexity index is 530. The van der Waals surface area contributed by atoms with Gasteiger partial charge in [0.25, 0.3) is 5.92 Å². The molecule has 1 aromatic carbocycles. The monoisotopic (exact) mass is 373 g/mol. The van der Waals surface area contributed by atoms with Gasteiger partial charge in [0.15, 0.2) is 0 Å². The lowest BCUT2D eigenvalue weighted by molar-refractivity contribution is 0.0115. The third-order valence-corrected chi connectivity index (χ3v) is 5.31. The van der Waals surface area contributed by atoms with Crippen LogP contribution in [0.15, 0.2) is 22.7 Å². The zero-order chi connectivity index (χ0) is 15.7. The van der Waals surface area contributed by atoms with Gasteiger partial charge in [-0.05, 0) is 30.8 Å². The molecule has 0 amide bonds. The lowest BCUT2D eigenvalue weighted by atomic mass is 10.1. The molecule has 0 aromatic heterocycles. The van der Waals surface area contributed by atoms with Crippen LogP contribution < -0.4 is 4.90 Å². The molecule has 22 heavy (non-hydrogen) atoms. The minimum atomic E-state index is -2.53. The van der Waals surface area contributed by atoms with Crippen LogP contribution in [0.3, 0.4) is 0 Å². The van der Waals surface area contributed by atoms with E-state index >= 15 is 0 Å². The third-order valence-electron chi connectivity index (χ3n) is 4.54. The summed E-state index contributed by atoms with van der Waals surface area (Å²) in [5.74, 6) is -2.53. The van der Waals surface area contributed by atoms with E-state index in [9.17, 15) is 8.78 Å². The number of nitrogens with zero attached hydrogens (tertiary/aromatic N) is 3. The van der Waals surface area contributed by atoms with Crippen LogP contribution in [0, 0.1) is 0 Å². The fraction of sp³-hybridized carbons (Fsp3) is 0.625. The third kappa shape index (κ3) is 3.78. The van der Waals surface area contributed by atoms with E-state index in [1.54, 1.807) is 0 Å². The van der Waals surface area contributed by atoms with Crippen molar-refractivity contribution >= 4 is 21.6 Å². The summed E-state index contributed by atoms with van der Waals surface area (Å²) in [7, 11) is 2.14. The van der Waals surface area contributed by atoms with Crippen molar-refractivity contribution in [2.24, 2.45) is 0 Å². The molecular formula is C16H22BrF2N3. The molecule has 3 rings (SSSR count). The minimum Gasteiger partial charge on any atom is -0.369 e. The zero-order valence-corrected chi connectivity index (χ0v) is 14.5. The van der Waals surface area contributed by atoms with E-state index in [0.717, 1.165) is 36.2 Å². The van der Waals surface area contributed by atoms with Gasteiger partial charge in [0.1, 0.15) is 0 Å². The Morgan fingerprint density at radius 1 is 1.14 bits per heavy atom. The van der Waals surface area contributed by atoms with Gasteiger partial charge in [-0.1, -0.05) is 15.9 Å². The molecule has 0 bridgehead atoms. The van der Waals surface area contributed by atoms with Gasteiger partial charge in [-0.25, -0.2) is 8.78 Å². The van der Waals surface area contributed by atoms with Crippen molar-refractivity contribution in [1.82, 2.24) is 9.80 Å². The largest absolute Gasteiger partial charge is 0.369 e. The van der Waals surface area contributed by atoms with Gasteiger partial charge in [0.2, 0.25) is 0 Å². The number of alkyl halides is 2. The highest BCUT2D eigenvalue weighted by Gasteiger charge is 2.38. The summed E-state index contributed by atoms with van der Waals surface area (Å²) in [5.41, 5.74) is 2.28. The summed E-state index contributed by atoms with van der Waals surface area (Å²) in [6.45, 7) is 5.07. The van der Waals surface area contributed by atoms with E-state index in [-0.39, 0.29) is 13.0 Å². The summed E-state index contributed by atoms with van der Waals surface area (Å²) in [6, 6.07) is 6.29. The number of benzene rings is 1. The van der Waals surface area contributed by atoms with E-state index in [2.05, 4.69) is 44.9 Å². The highest BCUT2D eigenvalue weighted by atomic mass is 79.9. The maximum absolute atomic E-state index is 13.3. The predicted molar refractivity (Wildman–Crippen MR) is 88.7 cm³/mol. The maximum Gasteiger partial charge on any atom is 0.261 e. The van der Waals surface area contributed by atoms with Crippen LogP contribution in [0.2, 0.25) is 0 Å². The van der Waals surface area contributed by atoms with E-state index in [0.29, 0.717) is 13.1 Å². The molecule has 3 nitrogen and oxygen atoms in total. The average Bonchev–Trinajstić information content (AvgIpc) is 2.81. The normalized spacial score (nSPS) is 23.2. The number of likely N-dealkylation sites (N-methyl/N-ethyl adjacent to an activating group) is 1. The van der Waals surface area contributed by atoms with Gasteiger partial charge < -0.3 is 9.80 Å². The second-order valence-electron chi connectivity index (χ2n) is 6.38. The molecule has 0 atom stereocenters. The quantitative estimate of drug-likeness (QED) is 0.806. The summed E-state index contributed by atoms with van der Waals surface area (Å²) >= 11 is 3.56. The SMILES string of the molecule is CN1CCN(c2ccc(Br)c(CN3CCC(F)(F)C3)c2)CC1. The molecule has 2 aliphatic rings. The zero-order valence-electron chi connectivity index (χ0n) is 12.9. The van der Waals surface area contributed by atoms with Crippen molar-refractivity contribution in [2.45, 2.75) is 18.9 Å². The van der Waals surface area contributed by atoms with Crippen LogP contribution >= 0.6 is 15.9 Å². The number of halogens is 3. The molecule has 2 heterocycles. The Balaban J connectivity index is 1.70. The molecular weight excluding hydrogens is 352 g/mol. The van der Waals surface area contributed by atoms with Crippen LogP contribution in [0.4, 0.5) is 14.5 Å². The van der Waals surface area contributed by atoms with Crippen molar-refractivity contribution in [3.05, 3.63) is 28.2 Å². The number of hydrogen-bond acceptors (Lipinski definition) is 3. The van der Waals surface area contributed by atoms with Crippen molar-refractivity contribution in [3.63, 3.8) is 0 Å². The highest BCUT2D eigenvalue weighted by molar-refractivity contribution is 9.10. The molecule has 0 aliphatic carbocycles. The van der Waals surface area contributed by atoms with Gasteiger partial charge in [0.05, 0.1) is 6.54 Å². The topological polar surface area (TPSA) is 9.72 Å². The Morgan fingerprint density at radius 2 is 1.86 bits per heavy atom. The standard InChI is InChI=1S/C16H22BrF2N3/c1-20-6-8-22(9-7-20)14-2-3-15(17)13(10-14)11-21-5-4-16(18,19)12-21/h2-3,10H,4-9,11-12H2,1H3. The molecule has 2 aliphatic heterocycles. The second kappa shape index (κ2) is 6.42. The minimum absolute atomic E-state index is 0.0250. The first-order chi connectivity index (χ1) is 10.4. The van der Waals surface area contributed by atoms with E-state index in [1.807, 2.05) is 11.0 Å². The van der Waals surface area contributed by atoms with Gasteiger partial charge in [-0.15, -0.1) is 0 Å². The fourth-order valence-electron chi connectivity index (χ4n) is 3.13. The van der Waals surface area contributed by atoms with Crippen LogP contribution in [0.1, 0.15) is 12.0 Å². The first kappa shape index (κ1) is 16.1. The Morgan fingerprint density at radius 3 is 2.50 bits per heavy atom. The summed E-state index contributed by atoms with van der Waals surface area (Å²) in [5, 5.41) is 0. The smallest absolute Gasteiger partial charge is 0.261 e. The molecule has 122 valence electrons. The predicted octanol–water partition coefficient (Wildman–Crippen LogP) is 3.04. The molecule has 0 N–H and O–H groups in total. The summed E-state index contributed by atoms with van der Waals surface area (Å²) in [6.07, 6.45) is -0.0250. The van der Waals surface area contributed by atoms with Gasteiger partial charge in [-0.3, -0.25) is 4.90 Å². The molecule has 2 fully saturated rings. The van der Waals surface area contributed by atoms with Gasteiger partial charge in [0, 0.05) is 55.8 Å². The molecule has 0 spiro atoms. The van der Waals surface area contributed by atoms with Crippen molar-refractivity contribution in [1.29, 1.82) is 0 Å². The molecule has 1 aromatic rings. The molecule has 6 heteroatoms. The second-order valence-corrected chi connectivity index (χ2v) is 7.24. The van der Waals surface area contributed by atoms with E-state index in [1.165, 1.54) is 5.69 Å². The Hall–Kier alpha value is -0.720. The number of likely N-dealkylation sites (tertiary alicyclic amines) is 1. The lowest BCUT2D eigenvalue weighted by Crippen LogP contribution is -2.44. The molecule has 2 saturated heterocycles. The highest BCUT2D eigenvalue weighted by Crippen LogP contribution is 2.31. The average molecular weight is 374 g/mol. The molecule has 0 radical (unpaired) electrons.